The van der Waals surface area contributed by atoms with Crippen molar-refractivity contribution in [3.8, 4) is 5.75 Å². The van der Waals surface area contributed by atoms with Crippen LogP contribution in [-0.4, -0.2) is 33.8 Å². The third kappa shape index (κ3) is 3.76. The molecule has 4 rings (SSSR count). The van der Waals surface area contributed by atoms with Gasteiger partial charge in [0, 0.05) is 17.4 Å². The van der Waals surface area contributed by atoms with E-state index in [0.717, 1.165) is 5.39 Å². The number of amides is 1. The van der Waals surface area contributed by atoms with Crippen molar-refractivity contribution < 1.29 is 22.4 Å². The molecule has 1 aliphatic rings. The minimum atomic E-state index is -3.58. The highest BCUT2D eigenvalue weighted by Crippen LogP contribution is 2.30. The fourth-order valence-corrected chi connectivity index (χ4v) is 4.59. The molecule has 2 heterocycles. The van der Waals surface area contributed by atoms with Crippen LogP contribution in [0.25, 0.3) is 11.0 Å². The number of hydrogen-bond acceptors (Lipinski definition) is 6. The molecule has 1 aromatic heterocycles. The summed E-state index contributed by atoms with van der Waals surface area (Å²) < 4.78 is 37.8. The normalized spacial score (nSPS) is 16.8. The summed E-state index contributed by atoms with van der Waals surface area (Å²) in [6, 6.07) is 13.7. The number of fused-ring (bicyclic) bond motifs is 2. The molecule has 2 aromatic carbocycles. The Hall–Kier alpha value is -3.33. The molecule has 1 unspecified atom stereocenters. The second-order valence-corrected chi connectivity index (χ2v) is 8.55. The van der Waals surface area contributed by atoms with Crippen molar-refractivity contribution in [2.45, 2.75) is 24.3 Å². The Balaban J connectivity index is 1.39. The van der Waals surface area contributed by atoms with E-state index < -0.39 is 10.0 Å². The number of nitrogens with zero attached hydrogens (tertiary/aromatic N) is 1. The molecule has 1 atom stereocenters. The topological polar surface area (TPSA) is 110 Å². The molecular formula is C21H21N3O5S. The maximum Gasteiger partial charge on any atom is 0.263 e. The van der Waals surface area contributed by atoms with E-state index in [4.69, 9.17) is 9.15 Å². The van der Waals surface area contributed by atoms with Gasteiger partial charge in [-0.05, 0) is 31.2 Å². The fraction of sp³-hybridized carbons (Fsp3) is 0.238. The molecule has 0 fully saturated rings. The number of sulfonamides is 1. The average molecular weight is 427 g/mol. The van der Waals surface area contributed by atoms with Gasteiger partial charge in [0.05, 0.1) is 24.6 Å². The van der Waals surface area contributed by atoms with Gasteiger partial charge in [0.1, 0.15) is 11.6 Å². The Morgan fingerprint density at radius 2 is 2.03 bits per heavy atom. The molecule has 0 aliphatic carbocycles. The first-order valence-corrected chi connectivity index (χ1v) is 10.9. The SMILES string of the molecule is COc1cccc2cc(C(C)NC(=O)CCN=C3NS(=O)(=O)c4ccccc43)oc12. The first kappa shape index (κ1) is 20.0. The minimum Gasteiger partial charge on any atom is -0.493 e. The number of rotatable bonds is 6. The number of carbonyl (C=O) groups is 1. The first-order valence-electron chi connectivity index (χ1n) is 9.41. The van der Waals surface area contributed by atoms with Crippen LogP contribution in [0.1, 0.15) is 30.7 Å². The van der Waals surface area contributed by atoms with Crippen molar-refractivity contribution in [2.24, 2.45) is 4.99 Å². The predicted octanol–water partition coefficient (Wildman–Crippen LogP) is 2.75. The van der Waals surface area contributed by atoms with Gasteiger partial charge in [0.15, 0.2) is 11.3 Å². The minimum absolute atomic E-state index is 0.112. The molecule has 0 bridgehead atoms. The molecule has 0 saturated heterocycles. The van der Waals surface area contributed by atoms with E-state index in [-0.39, 0.29) is 35.6 Å². The molecule has 3 aromatic rings. The monoisotopic (exact) mass is 427 g/mol. The third-order valence-corrected chi connectivity index (χ3v) is 6.22. The second-order valence-electron chi connectivity index (χ2n) is 6.90. The Bertz CT molecular complexity index is 1250. The lowest BCUT2D eigenvalue weighted by atomic mass is 10.2. The van der Waals surface area contributed by atoms with E-state index in [2.05, 4.69) is 15.0 Å². The lowest BCUT2D eigenvalue weighted by Crippen LogP contribution is -2.27. The zero-order valence-corrected chi connectivity index (χ0v) is 17.3. The third-order valence-electron chi connectivity index (χ3n) is 4.82. The summed E-state index contributed by atoms with van der Waals surface area (Å²) in [4.78, 5) is 16.8. The lowest BCUT2D eigenvalue weighted by Gasteiger charge is -2.10. The number of aliphatic imine (C=N–C) groups is 1. The number of ether oxygens (including phenoxy) is 1. The Morgan fingerprint density at radius 3 is 2.83 bits per heavy atom. The fourth-order valence-electron chi connectivity index (χ4n) is 3.34. The number of amidine groups is 1. The highest BCUT2D eigenvalue weighted by atomic mass is 32.2. The molecule has 0 radical (unpaired) electrons. The summed E-state index contributed by atoms with van der Waals surface area (Å²) in [5.41, 5.74) is 1.15. The summed E-state index contributed by atoms with van der Waals surface area (Å²) in [5, 5.41) is 3.77. The smallest absolute Gasteiger partial charge is 0.263 e. The highest BCUT2D eigenvalue weighted by Gasteiger charge is 2.30. The van der Waals surface area contributed by atoms with Gasteiger partial charge in [0.25, 0.3) is 10.0 Å². The maximum absolute atomic E-state index is 12.3. The molecule has 1 aliphatic heterocycles. The molecule has 8 nitrogen and oxygen atoms in total. The van der Waals surface area contributed by atoms with Crippen molar-refractivity contribution in [3.63, 3.8) is 0 Å². The number of furan rings is 1. The van der Waals surface area contributed by atoms with Crippen molar-refractivity contribution in [2.75, 3.05) is 13.7 Å². The van der Waals surface area contributed by atoms with E-state index >= 15 is 0 Å². The molecule has 156 valence electrons. The maximum atomic E-state index is 12.3. The van der Waals surface area contributed by atoms with Crippen LogP contribution in [0.15, 0.2) is 62.8 Å². The highest BCUT2D eigenvalue weighted by molar-refractivity contribution is 7.90. The molecule has 9 heteroatoms. The van der Waals surface area contributed by atoms with Crippen molar-refractivity contribution in [1.82, 2.24) is 10.0 Å². The second kappa shape index (κ2) is 7.83. The van der Waals surface area contributed by atoms with E-state index in [0.29, 0.717) is 22.7 Å². The van der Waals surface area contributed by atoms with E-state index in [1.165, 1.54) is 6.07 Å². The first-order chi connectivity index (χ1) is 14.4. The van der Waals surface area contributed by atoms with Crippen LogP contribution < -0.4 is 14.8 Å². The lowest BCUT2D eigenvalue weighted by molar-refractivity contribution is -0.121. The number of hydrogen-bond donors (Lipinski definition) is 2. The number of benzene rings is 2. The van der Waals surface area contributed by atoms with Gasteiger partial charge in [-0.2, -0.15) is 0 Å². The van der Waals surface area contributed by atoms with Gasteiger partial charge >= 0.3 is 0 Å². The molecule has 1 amide bonds. The van der Waals surface area contributed by atoms with Gasteiger partial charge in [-0.25, -0.2) is 8.42 Å². The van der Waals surface area contributed by atoms with Crippen molar-refractivity contribution in [3.05, 3.63) is 59.9 Å². The molecule has 0 saturated carbocycles. The van der Waals surface area contributed by atoms with Gasteiger partial charge in [-0.15, -0.1) is 0 Å². The largest absolute Gasteiger partial charge is 0.493 e. The summed E-state index contributed by atoms with van der Waals surface area (Å²) >= 11 is 0. The summed E-state index contributed by atoms with van der Waals surface area (Å²) in [5.74, 6) is 1.29. The summed E-state index contributed by atoms with van der Waals surface area (Å²) in [6.07, 6.45) is 0.112. The van der Waals surface area contributed by atoms with Crippen LogP contribution in [-0.2, 0) is 14.8 Å². The Morgan fingerprint density at radius 1 is 1.23 bits per heavy atom. The zero-order valence-electron chi connectivity index (χ0n) is 16.5. The van der Waals surface area contributed by atoms with Gasteiger partial charge in [-0.1, -0.05) is 24.3 Å². The van der Waals surface area contributed by atoms with Crippen LogP contribution in [0.5, 0.6) is 5.75 Å². The van der Waals surface area contributed by atoms with Crippen LogP contribution in [0.2, 0.25) is 0 Å². The van der Waals surface area contributed by atoms with Crippen LogP contribution in [0, 0.1) is 0 Å². The van der Waals surface area contributed by atoms with Crippen LogP contribution in [0.4, 0.5) is 0 Å². The number of nitrogens with one attached hydrogen (secondary N) is 2. The van der Waals surface area contributed by atoms with E-state index in [9.17, 15) is 13.2 Å². The molecule has 30 heavy (non-hydrogen) atoms. The van der Waals surface area contributed by atoms with Crippen LogP contribution >= 0.6 is 0 Å². The molecular weight excluding hydrogens is 406 g/mol. The quantitative estimate of drug-likeness (QED) is 0.629. The standard InChI is InChI=1S/C21H21N3O5S/c1-13(17-12-14-6-5-8-16(28-2)20(14)29-17)23-19(25)10-11-22-21-15-7-3-4-9-18(15)30(26,27)24-21/h3-9,12-13H,10-11H2,1-2H3,(H,22,24)(H,23,25). The zero-order chi connectivity index (χ0) is 21.3. The number of para-hydroxylation sites is 1. The van der Waals surface area contributed by atoms with Crippen molar-refractivity contribution >= 4 is 32.7 Å². The van der Waals surface area contributed by atoms with Crippen LogP contribution in [0.3, 0.4) is 0 Å². The number of carbonyl (C=O) groups excluding carboxylic acids is 1. The Kier molecular flexibility index (Phi) is 5.21. The summed E-state index contributed by atoms with van der Waals surface area (Å²) in [7, 11) is -2.01. The average Bonchev–Trinajstić information content (AvgIpc) is 3.27. The van der Waals surface area contributed by atoms with Gasteiger partial charge in [0.2, 0.25) is 5.91 Å². The van der Waals surface area contributed by atoms with E-state index in [1.807, 2.05) is 31.2 Å². The van der Waals surface area contributed by atoms with Gasteiger partial charge in [-0.3, -0.25) is 14.5 Å². The summed E-state index contributed by atoms with van der Waals surface area (Å²) in [6.45, 7) is 1.98. The predicted molar refractivity (Wildman–Crippen MR) is 112 cm³/mol. The molecule has 0 spiro atoms. The van der Waals surface area contributed by atoms with Gasteiger partial charge < -0.3 is 14.5 Å². The Labute approximate surface area is 174 Å². The van der Waals surface area contributed by atoms with E-state index in [1.54, 1.807) is 25.3 Å². The molecule has 2 N–H and O–H groups in total. The van der Waals surface area contributed by atoms with Crippen molar-refractivity contribution in [1.29, 1.82) is 0 Å². The number of methoxy groups -OCH3 is 1.